The highest BCUT2D eigenvalue weighted by Gasteiger charge is 2.27. The molecule has 0 unspecified atom stereocenters. The number of nitrogens with one attached hydrogen (secondary N) is 1. The van der Waals surface area contributed by atoms with Crippen LogP contribution in [0.1, 0.15) is 30.1 Å². The van der Waals surface area contributed by atoms with Gasteiger partial charge in [-0.25, -0.2) is 9.78 Å². The van der Waals surface area contributed by atoms with E-state index in [9.17, 15) is 14.7 Å². The number of ether oxygens (including phenoxy) is 1. The zero-order valence-corrected chi connectivity index (χ0v) is 17.2. The van der Waals surface area contributed by atoms with E-state index in [-0.39, 0.29) is 23.7 Å². The summed E-state index contributed by atoms with van der Waals surface area (Å²) >= 11 is 1.23. The zero-order chi connectivity index (χ0) is 21.1. The minimum atomic E-state index is -0.430. The molecule has 2 amide bonds. The maximum atomic E-state index is 13.1. The van der Waals surface area contributed by atoms with Gasteiger partial charge in [0.2, 0.25) is 5.88 Å². The second-order valence-corrected chi connectivity index (χ2v) is 7.72. The van der Waals surface area contributed by atoms with Gasteiger partial charge in [0.15, 0.2) is 5.82 Å². The minimum absolute atomic E-state index is 0.0190. The van der Waals surface area contributed by atoms with Gasteiger partial charge < -0.3 is 20.1 Å². The van der Waals surface area contributed by atoms with Gasteiger partial charge in [-0.05, 0) is 31.9 Å². The molecule has 4 heterocycles. The number of piperidine rings is 1. The van der Waals surface area contributed by atoms with Crippen LogP contribution in [0.3, 0.4) is 0 Å². The van der Waals surface area contributed by atoms with Crippen LogP contribution in [-0.2, 0) is 4.74 Å². The molecule has 0 spiro atoms. The third kappa shape index (κ3) is 4.04. The van der Waals surface area contributed by atoms with E-state index in [4.69, 9.17) is 4.74 Å². The number of amides is 2. The molecule has 0 aromatic carbocycles. The Morgan fingerprint density at radius 1 is 1.30 bits per heavy atom. The van der Waals surface area contributed by atoms with E-state index in [1.54, 1.807) is 41.6 Å². The fourth-order valence-electron chi connectivity index (χ4n) is 3.40. The van der Waals surface area contributed by atoms with Gasteiger partial charge in [-0.1, -0.05) is 6.07 Å². The Kier molecular flexibility index (Phi) is 5.75. The monoisotopic (exact) mass is 427 g/mol. The predicted octanol–water partition coefficient (Wildman–Crippen LogP) is 2.81. The van der Waals surface area contributed by atoms with Crippen molar-refractivity contribution >= 4 is 33.6 Å². The molecule has 3 aromatic rings. The van der Waals surface area contributed by atoms with Crippen LogP contribution < -0.4 is 5.32 Å². The van der Waals surface area contributed by atoms with Gasteiger partial charge >= 0.3 is 6.09 Å². The van der Waals surface area contributed by atoms with Crippen molar-refractivity contribution in [3.8, 4) is 17.4 Å². The lowest BCUT2D eigenvalue weighted by Gasteiger charge is -2.32. The first kappa shape index (κ1) is 20.0. The summed E-state index contributed by atoms with van der Waals surface area (Å²) in [5.74, 6) is -0.0478. The Labute approximate surface area is 176 Å². The number of carbonyl (C=O) groups is 2. The molecule has 4 rings (SSSR count). The lowest BCUT2D eigenvalue weighted by Crippen LogP contribution is -2.46. The predicted molar refractivity (Wildman–Crippen MR) is 111 cm³/mol. The summed E-state index contributed by atoms with van der Waals surface area (Å²) < 4.78 is 5.38. The first-order valence-corrected chi connectivity index (χ1v) is 10.6. The highest BCUT2D eigenvalue weighted by atomic mass is 32.1. The van der Waals surface area contributed by atoms with Gasteiger partial charge in [-0.2, -0.15) is 4.98 Å². The summed E-state index contributed by atoms with van der Waals surface area (Å²) in [7, 11) is 0. The van der Waals surface area contributed by atoms with Crippen LogP contribution in [0.5, 0.6) is 5.88 Å². The Bertz CT molecular complexity index is 1060. The molecule has 1 saturated heterocycles. The van der Waals surface area contributed by atoms with Crippen LogP contribution in [0.4, 0.5) is 4.79 Å². The number of aromatic hydroxyl groups is 1. The van der Waals surface area contributed by atoms with E-state index in [1.807, 2.05) is 0 Å². The van der Waals surface area contributed by atoms with Crippen molar-refractivity contribution in [1.29, 1.82) is 0 Å². The average molecular weight is 427 g/mol. The van der Waals surface area contributed by atoms with Crippen molar-refractivity contribution in [3.05, 3.63) is 35.3 Å². The summed E-state index contributed by atoms with van der Waals surface area (Å²) in [6.45, 7) is 3.10. The molecular weight excluding hydrogens is 406 g/mol. The summed E-state index contributed by atoms with van der Waals surface area (Å²) in [6, 6.07) is 5.31. The molecule has 30 heavy (non-hydrogen) atoms. The molecule has 10 heteroatoms. The van der Waals surface area contributed by atoms with Gasteiger partial charge in [0.05, 0.1) is 12.2 Å². The van der Waals surface area contributed by atoms with E-state index < -0.39 is 6.09 Å². The molecular formula is C20H21N5O4S. The van der Waals surface area contributed by atoms with Crippen molar-refractivity contribution in [3.63, 3.8) is 0 Å². The van der Waals surface area contributed by atoms with Gasteiger partial charge in [0.1, 0.15) is 15.9 Å². The van der Waals surface area contributed by atoms with Crippen molar-refractivity contribution < 1.29 is 19.4 Å². The van der Waals surface area contributed by atoms with Crippen LogP contribution in [-0.4, -0.2) is 62.7 Å². The number of thiophene rings is 1. The molecule has 1 aliphatic heterocycles. The SMILES string of the molecule is CCOC(=O)NC1CCN(C(=O)c2csc3c(O)nc(-c4ccccn4)nc23)CC1. The number of hydrogen-bond donors (Lipinski definition) is 2. The third-order valence-corrected chi connectivity index (χ3v) is 5.87. The number of nitrogens with zero attached hydrogens (tertiary/aromatic N) is 4. The molecule has 9 nitrogen and oxygen atoms in total. The molecule has 0 radical (unpaired) electrons. The smallest absolute Gasteiger partial charge is 0.407 e. The average Bonchev–Trinajstić information content (AvgIpc) is 3.19. The maximum absolute atomic E-state index is 13.1. The number of alkyl carbamates (subject to hydrolysis) is 1. The topological polar surface area (TPSA) is 118 Å². The molecule has 0 saturated carbocycles. The van der Waals surface area contributed by atoms with Crippen molar-refractivity contribution in [1.82, 2.24) is 25.2 Å². The Hall–Kier alpha value is -3.27. The van der Waals surface area contributed by atoms with Crippen LogP contribution in [0.2, 0.25) is 0 Å². The Morgan fingerprint density at radius 3 is 2.80 bits per heavy atom. The first-order chi connectivity index (χ1) is 14.6. The number of rotatable bonds is 4. The molecule has 0 atom stereocenters. The van der Waals surface area contributed by atoms with Crippen molar-refractivity contribution in [2.45, 2.75) is 25.8 Å². The molecule has 0 aliphatic carbocycles. The first-order valence-electron chi connectivity index (χ1n) is 9.69. The molecule has 0 bridgehead atoms. The lowest BCUT2D eigenvalue weighted by atomic mass is 10.0. The largest absolute Gasteiger partial charge is 0.492 e. The molecule has 1 fully saturated rings. The number of likely N-dealkylation sites (tertiary alicyclic amines) is 1. The van der Waals surface area contributed by atoms with E-state index in [1.165, 1.54) is 11.3 Å². The van der Waals surface area contributed by atoms with E-state index in [0.717, 1.165) is 0 Å². The van der Waals surface area contributed by atoms with Crippen molar-refractivity contribution in [2.24, 2.45) is 0 Å². The molecule has 2 N–H and O–H groups in total. The van der Waals surface area contributed by atoms with E-state index in [2.05, 4.69) is 20.3 Å². The molecule has 3 aromatic heterocycles. The van der Waals surface area contributed by atoms with Gasteiger partial charge in [-0.15, -0.1) is 11.3 Å². The summed E-state index contributed by atoms with van der Waals surface area (Å²) in [5, 5.41) is 14.9. The van der Waals surface area contributed by atoms with Crippen LogP contribution >= 0.6 is 11.3 Å². The minimum Gasteiger partial charge on any atom is -0.492 e. The van der Waals surface area contributed by atoms with Crippen LogP contribution in [0, 0.1) is 0 Å². The summed E-state index contributed by atoms with van der Waals surface area (Å²) in [5.41, 5.74) is 1.37. The number of pyridine rings is 1. The Balaban J connectivity index is 1.53. The van der Waals surface area contributed by atoms with E-state index in [0.29, 0.717) is 54.0 Å². The summed E-state index contributed by atoms with van der Waals surface area (Å²) in [4.78, 5) is 39.3. The standard InChI is InChI=1S/C20H21N5O4S/c1-2-29-20(28)22-12-6-9-25(10-7-12)19(27)13-11-30-16-15(13)23-17(24-18(16)26)14-5-3-4-8-21-14/h3-5,8,11-12H,2,6-7,9-10H2,1H3,(H,22,28)(H,23,24,26). The van der Waals surface area contributed by atoms with Crippen LogP contribution in [0.25, 0.3) is 21.7 Å². The third-order valence-electron chi connectivity index (χ3n) is 4.90. The lowest BCUT2D eigenvalue weighted by molar-refractivity contribution is 0.0705. The van der Waals surface area contributed by atoms with Gasteiger partial charge in [-0.3, -0.25) is 9.78 Å². The number of fused-ring (bicyclic) bond motifs is 1. The van der Waals surface area contributed by atoms with Crippen molar-refractivity contribution in [2.75, 3.05) is 19.7 Å². The van der Waals surface area contributed by atoms with Crippen LogP contribution in [0.15, 0.2) is 29.8 Å². The van der Waals surface area contributed by atoms with E-state index >= 15 is 0 Å². The molecule has 156 valence electrons. The number of aromatic nitrogens is 3. The number of hydrogen-bond acceptors (Lipinski definition) is 8. The fourth-order valence-corrected chi connectivity index (χ4v) is 4.27. The fraction of sp³-hybridized carbons (Fsp3) is 0.350. The summed E-state index contributed by atoms with van der Waals surface area (Å²) in [6.07, 6.45) is 2.48. The number of carbonyl (C=O) groups excluding carboxylic acids is 2. The second-order valence-electron chi connectivity index (χ2n) is 6.84. The highest BCUT2D eigenvalue weighted by Crippen LogP contribution is 2.33. The normalized spacial score (nSPS) is 14.6. The Morgan fingerprint density at radius 2 is 2.10 bits per heavy atom. The maximum Gasteiger partial charge on any atom is 0.407 e. The molecule has 1 aliphatic rings. The second kappa shape index (κ2) is 8.62. The van der Waals surface area contributed by atoms with Gasteiger partial charge in [0.25, 0.3) is 5.91 Å². The highest BCUT2D eigenvalue weighted by molar-refractivity contribution is 7.17. The quantitative estimate of drug-likeness (QED) is 0.657. The van der Waals surface area contributed by atoms with Gasteiger partial charge in [0, 0.05) is 30.7 Å². The zero-order valence-electron chi connectivity index (χ0n) is 16.4.